The monoisotopic (exact) mass is 417 g/mol. The van der Waals surface area contributed by atoms with Gasteiger partial charge in [-0.1, -0.05) is 19.1 Å². The van der Waals surface area contributed by atoms with E-state index in [0.29, 0.717) is 35.4 Å². The average Bonchev–Trinajstić information content (AvgIpc) is 3.32. The highest BCUT2D eigenvalue weighted by Crippen LogP contribution is 2.29. The van der Waals surface area contributed by atoms with Crippen LogP contribution in [0.2, 0.25) is 0 Å². The molecule has 3 heterocycles. The van der Waals surface area contributed by atoms with Crippen molar-refractivity contribution in [2.24, 2.45) is 4.99 Å². The number of rotatable bonds is 5. The van der Waals surface area contributed by atoms with Crippen molar-refractivity contribution in [3.05, 3.63) is 79.8 Å². The number of aliphatic imine (C=N–C) groups is 1. The molecule has 0 atom stereocenters. The number of benzene rings is 1. The number of nitrogens with one attached hydrogen (secondary N) is 1. The number of aromatic amines is 1. The predicted octanol–water partition coefficient (Wildman–Crippen LogP) is 2.89. The molecule has 7 nitrogen and oxygen atoms in total. The molecule has 0 spiro atoms. The molecule has 0 radical (unpaired) electrons. The molecule has 0 saturated heterocycles. The van der Waals surface area contributed by atoms with Crippen LogP contribution in [-0.4, -0.2) is 25.0 Å². The van der Waals surface area contributed by atoms with Crippen LogP contribution in [0.5, 0.6) is 0 Å². The minimum atomic E-state index is -4.41. The number of hydrogen-bond acceptors (Lipinski definition) is 4. The largest absolute Gasteiger partial charge is 0.416 e. The van der Waals surface area contributed by atoms with E-state index in [9.17, 15) is 22.8 Å². The van der Waals surface area contributed by atoms with Crippen molar-refractivity contribution in [2.45, 2.75) is 39.0 Å². The van der Waals surface area contributed by atoms with Crippen LogP contribution in [0, 0.1) is 0 Å². The second-order valence-corrected chi connectivity index (χ2v) is 7.07. The Labute approximate surface area is 168 Å². The fourth-order valence-electron chi connectivity index (χ4n) is 3.42. The first-order valence-corrected chi connectivity index (χ1v) is 9.38. The summed E-state index contributed by atoms with van der Waals surface area (Å²) in [6.45, 7) is 2.36. The van der Waals surface area contributed by atoms with Crippen LogP contribution < -0.4 is 11.2 Å². The number of hydrogen-bond donors (Lipinski definition) is 1. The lowest BCUT2D eigenvalue weighted by molar-refractivity contribution is -0.137. The Kier molecular flexibility index (Phi) is 4.92. The third kappa shape index (κ3) is 3.72. The Bertz CT molecular complexity index is 1250. The van der Waals surface area contributed by atoms with E-state index in [0.717, 1.165) is 16.7 Å². The summed E-state index contributed by atoms with van der Waals surface area (Å²) in [4.78, 5) is 31.6. The smallest absolute Gasteiger partial charge is 0.291 e. The second kappa shape index (κ2) is 7.43. The van der Waals surface area contributed by atoms with Crippen LogP contribution in [0.1, 0.15) is 35.6 Å². The molecule has 1 aliphatic heterocycles. The van der Waals surface area contributed by atoms with E-state index in [-0.39, 0.29) is 24.3 Å². The summed E-state index contributed by atoms with van der Waals surface area (Å²) in [6.07, 6.45) is -0.298. The molecule has 30 heavy (non-hydrogen) atoms. The number of fused-ring (bicyclic) bond motifs is 1. The molecule has 0 saturated carbocycles. The second-order valence-electron chi connectivity index (χ2n) is 7.07. The Morgan fingerprint density at radius 1 is 1.23 bits per heavy atom. The summed E-state index contributed by atoms with van der Waals surface area (Å²) < 4.78 is 41.3. The van der Waals surface area contributed by atoms with Crippen molar-refractivity contribution >= 4 is 11.5 Å². The highest BCUT2D eigenvalue weighted by Gasteiger charge is 2.30. The molecule has 0 unspecified atom stereocenters. The topological polar surface area (TPSA) is 85.0 Å². The van der Waals surface area contributed by atoms with E-state index >= 15 is 0 Å². The maximum atomic E-state index is 12.9. The molecule has 3 aromatic rings. The molecule has 0 fully saturated rings. The number of alkyl halides is 3. The summed E-state index contributed by atoms with van der Waals surface area (Å²) in [5.74, 6) is 0.248. The van der Waals surface area contributed by atoms with Crippen molar-refractivity contribution in [2.75, 3.05) is 0 Å². The van der Waals surface area contributed by atoms with Gasteiger partial charge in [0, 0.05) is 24.7 Å². The molecule has 156 valence electrons. The molecular formula is C20H18F3N5O2. The Balaban J connectivity index is 1.57. The summed E-state index contributed by atoms with van der Waals surface area (Å²) in [5.41, 5.74) is 0.529. The quantitative estimate of drug-likeness (QED) is 0.693. The lowest BCUT2D eigenvalue weighted by Gasteiger charge is -2.08. The van der Waals surface area contributed by atoms with Gasteiger partial charge in [-0.15, -0.1) is 0 Å². The maximum Gasteiger partial charge on any atom is 0.416 e. The van der Waals surface area contributed by atoms with Crippen LogP contribution in [0.3, 0.4) is 0 Å². The predicted molar refractivity (Wildman–Crippen MR) is 104 cm³/mol. The number of H-pyrrole nitrogens is 1. The summed E-state index contributed by atoms with van der Waals surface area (Å²) in [5, 5.41) is 4.20. The fraction of sp³-hybridized carbons (Fsp3) is 0.300. The molecule has 1 aromatic carbocycles. The van der Waals surface area contributed by atoms with Crippen molar-refractivity contribution in [3.63, 3.8) is 0 Å². The lowest BCUT2D eigenvalue weighted by Crippen LogP contribution is -2.36. The van der Waals surface area contributed by atoms with E-state index in [1.165, 1.54) is 10.7 Å². The number of aromatic nitrogens is 4. The molecule has 10 heteroatoms. The van der Waals surface area contributed by atoms with Crippen molar-refractivity contribution in [3.8, 4) is 0 Å². The average molecular weight is 417 g/mol. The highest BCUT2D eigenvalue weighted by molar-refractivity contribution is 6.05. The first-order valence-electron chi connectivity index (χ1n) is 9.38. The van der Waals surface area contributed by atoms with Gasteiger partial charge in [-0.25, -0.2) is 9.79 Å². The standard InChI is InChI=1S/C20H18F3N5O2/c1-2-6-28-18(29)15-8-16(25-17(15)26-19(28)30)13-9-24-27(11-13)10-12-4-3-5-14(7-12)20(21,22)23/h3-5,7,9,11H,2,6,8,10H2,1H3,(H,26,30). The third-order valence-electron chi connectivity index (χ3n) is 4.86. The van der Waals surface area contributed by atoms with E-state index in [1.54, 1.807) is 18.5 Å². The van der Waals surface area contributed by atoms with Gasteiger partial charge in [0.1, 0.15) is 5.82 Å². The van der Waals surface area contributed by atoms with Gasteiger partial charge in [-0.05, 0) is 24.1 Å². The normalized spacial score (nSPS) is 13.4. The molecular weight excluding hydrogens is 399 g/mol. The third-order valence-corrected chi connectivity index (χ3v) is 4.86. The first kappa shape index (κ1) is 19.9. The zero-order chi connectivity index (χ0) is 21.5. The van der Waals surface area contributed by atoms with Gasteiger partial charge >= 0.3 is 11.9 Å². The minimum Gasteiger partial charge on any atom is -0.291 e. The zero-order valence-electron chi connectivity index (χ0n) is 16.0. The van der Waals surface area contributed by atoms with E-state index < -0.39 is 17.4 Å². The van der Waals surface area contributed by atoms with E-state index in [1.807, 2.05) is 6.92 Å². The van der Waals surface area contributed by atoms with Gasteiger partial charge < -0.3 is 0 Å². The zero-order valence-corrected chi connectivity index (χ0v) is 16.0. The Morgan fingerprint density at radius 3 is 2.77 bits per heavy atom. The van der Waals surface area contributed by atoms with Gasteiger partial charge in [-0.2, -0.15) is 18.3 Å². The molecule has 0 aliphatic carbocycles. The number of halogens is 3. The highest BCUT2D eigenvalue weighted by atomic mass is 19.4. The molecule has 4 rings (SSSR count). The van der Waals surface area contributed by atoms with Crippen LogP contribution in [0.25, 0.3) is 0 Å². The summed E-state index contributed by atoms with van der Waals surface area (Å²) >= 11 is 0. The molecule has 1 aliphatic rings. The Hall–Kier alpha value is -3.43. The summed E-state index contributed by atoms with van der Waals surface area (Å²) in [6, 6.07) is 5.07. The SMILES string of the molecule is CCCn1c(=O)[nH]c2c(c1=O)CC(c1cnn(Cc3cccc(C(F)(F)F)c3)c1)=N2. The van der Waals surface area contributed by atoms with Crippen LogP contribution in [-0.2, 0) is 25.7 Å². The minimum absolute atomic E-state index is 0.157. The van der Waals surface area contributed by atoms with Gasteiger partial charge in [0.2, 0.25) is 0 Å². The summed E-state index contributed by atoms with van der Waals surface area (Å²) in [7, 11) is 0. The molecule has 0 amide bonds. The molecule has 0 bridgehead atoms. The lowest BCUT2D eigenvalue weighted by atomic mass is 10.1. The van der Waals surface area contributed by atoms with Gasteiger partial charge in [0.25, 0.3) is 5.56 Å². The van der Waals surface area contributed by atoms with Crippen LogP contribution in [0.4, 0.5) is 19.0 Å². The van der Waals surface area contributed by atoms with Crippen molar-refractivity contribution < 1.29 is 13.2 Å². The fourth-order valence-corrected chi connectivity index (χ4v) is 3.42. The number of nitrogens with zero attached hydrogens (tertiary/aromatic N) is 4. The molecule has 2 aromatic heterocycles. The van der Waals surface area contributed by atoms with Crippen molar-refractivity contribution in [1.82, 2.24) is 19.3 Å². The first-order chi connectivity index (χ1) is 14.3. The Morgan fingerprint density at radius 2 is 2.03 bits per heavy atom. The van der Waals surface area contributed by atoms with Gasteiger partial charge in [-0.3, -0.25) is 19.0 Å². The van der Waals surface area contributed by atoms with Crippen LogP contribution >= 0.6 is 0 Å². The van der Waals surface area contributed by atoms with E-state index in [4.69, 9.17) is 0 Å². The van der Waals surface area contributed by atoms with Crippen LogP contribution in [0.15, 0.2) is 51.2 Å². The van der Waals surface area contributed by atoms with Gasteiger partial charge in [0.05, 0.1) is 29.6 Å². The maximum absolute atomic E-state index is 12.9. The van der Waals surface area contributed by atoms with Crippen molar-refractivity contribution in [1.29, 1.82) is 0 Å². The molecule has 1 N–H and O–H groups in total. The van der Waals surface area contributed by atoms with Gasteiger partial charge in [0.15, 0.2) is 0 Å². The van der Waals surface area contributed by atoms with E-state index in [2.05, 4.69) is 15.1 Å².